The maximum absolute atomic E-state index is 12.5. The first-order valence-corrected chi connectivity index (χ1v) is 7.49. The Morgan fingerprint density at radius 1 is 1.29 bits per heavy atom. The molecule has 1 fully saturated rings. The summed E-state index contributed by atoms with van der Waals surface area (Å²) in [5.74, 6) is -1.27. The Morgan fingerprint density at radius 2 is 1.86 bits per heavy atom. The number of hydrogen-bond donors (Lipinski definition) is 3. The highest BCUT2D eigenvalue weighted by Crippen LogP contribution is 2.30. The van der Waals surface area contributed by atoms with E-state index in [4.69, 9.17) is 9.84 Å². The maximum Gasteiger partial charge on any atom is 0.335 e. The van der Waals surface area contributed by atoms with Gasteiger partial charge in [-0.2, -0.15) is 4.31 Å². The zero-order valence-electron chi connectivity index (χ0n) is 11.1. The van der Waals surface area contributed by atoms with Crippen LogP contribution >= 0.6 is 0 Å². The number of carbonyl (C=O) groups is 1. The summed E-state index contributed by atoms with van der Waals surface area (Å²) in [6, 6.07) is 3.47. The molecule has 21 heavy (non-hydrogen) atoms. The number of methoxy groups -OCH3 is 1. The van der Waals surface area contributed by atoms with E-state index in [1.54, 1.807) is 0 Å². The summed E-state index contributed by atoms with van der Waals surface area (Å²) in [5.41, 5.74) is -0.199. The molecule has 3 N–H and O–H groups in total. The van der Waals surface area contributed by atoms with Crippen LogP contribution in [0.15, 0.2) is 23.1 Å². The van der Waals surface area contributed by atoms with Crippen molar-refractivity contribution in [3.63, 3.8) is 0 Å². The predicted octanol–water partition coefficient (Wildman–Crippen LogP) is -0.881. The maximum atomic E-state index is 12.5. The number of β-amino-alcohol motifs (C(OH)–C–C–N with tert-alkyl or cyclic N) is 2. The van der Waals surface area contributed by atoms with E-state index in [2.05, 4.69) is 0 Å². The minimum Gasteiger partial charge on any atom is -0.495 e. The van der Waals surface area contributed by atoms with Crippen molar-refractivity contribution in [2.75, 3.05) is 20.2 Å². The lowest BCUT2D eigenvalue weighted by Gasteiger charge is -2.18. The fourth-order valence-electron chi connectivity index (χ4n) is 2.08. The van der Waals surface area contributed by atoms with Crippen LogP contribution in [0.2, 0.25) is 0 Å². The largest absolute Gasteiger partial charge is 0.495 e. The van der Waals surface area contributed by atoms with Gasteiger partial charge in [0.05, 0.1) is 24.9 Å². The number of rotatable bonds is 4. The van der Waals surface area contributed by atoms with Crippen molar-refractivity contribution in [3.8, 4) is 5.75 Å². The van der Waals surface area contributed by atoms with E-state index in [0.717, 1.165) is 10.4 Å². The molecule has 0 aliphatic carbocycles. The van der Waals surface area contributed by atoms with Crippen molar-refractivity contribution in [3.05, 3.63) is 23.8 Å². The van der Waals surface area contributed by atoms with Crippen LogP contribution in [-0.4, -0.2) is 66.4 Å². The molecule has 1 saturated heterocycles. The van der Waals surface area contributed by atoms with Crippen LogP contribution in [0.25, 0.3) is 0 Å². The molecule has 0 spiro atoms. The molecule has 0 amide bonds. The molecule has 1 aliphatic rings. The lowest BCUT2D eigenvalue weighted by atomic mass is 10.2. The highest BCUT2D eigenvalue weighted by Gasteiger charge is 2.39. The fourth-order valence-corrected chi connectivity index (χ4v) is 3.74. The molecule has 0 saturated carbocycles. The third-order valence-corrected chi connectivity index (χ3v) is 5.11. The van der Waals surface area contributed by atoms with Crippen molar-refractivity contribution in [1.29, 1.82) is 0 Å². The summed E-state index contributed by atoms with van der Waals surface area (Å²) >= 11 is 0. The van der Waals surface area contributed by atoms with Gasteiger partial charge in [-0.05, 0) is 18.2 Å². The van der Waals surface area contributed by atoms with E-state index < -0.39 is 28.2 Å². The van der Waals surface area contributed by atoms with Crippen molar-refractivity contribution < 1.29 is 33.3 Å². The molecule has 2 rings (SSSR count). The highest BCUT2D eigenvalue weighted by molar-refractivity contribution is 7.89. The Labute approximate surface area is 121 Å². The van der Waals surface area contributed by atoms with Gasteiger partial charge < -0.3 is 20.1 Å². The summed E-state index contributed by atoms with van der Waals surface area (Å²) < 4.78 is 30.9. The van der Waals surface area contributed by atoms with Crippen LogP contribution in [0.1, 0.15) is 10.4 Å². The molecule has 0 radical (unpaired) electrons. The number of hydrogen-bond acceptors (Lipinski definition) is 6. The van der Waals surface area contributed by atoms with E-state index in [1.165, 1.54) is 19.2 Å². The topological polar surface area (TPSA) is 124 Å². The minimum atomic E-state index is -4.08. The number of aliphatic hydroxyl groups excluding tert-OH is 2. The summed E-state index contributed by atoms with van der Waals surface area (Å²) in [7, 11) is -2.81. The first-order chi connectivity index (χ1) is 9.77. The number of sulfonamides is 1. The van der Waals surface area contributed by atoms with Crippen LogP contribution < -0.4 is 4.74 Å². The Bertz CT molecular complexity index is 648. The van der Waals surface area contributed by atoms with Crippen molar-refractivity contribution in [2.45, 2.75) is 17.1 Å². The van der Waals surface area contributed by atoms with Gasteiger partial charge in [-0.3, -0.25) is 0 Å². The lowest BCUT2D eigenvalue weighted by Crippen LogP contribution is -2.30. The van der Waals surface area contributed by atoms with Gasteiger partial charge in [0.15, 0.2) is 0 Å². The molecule has 1 aromatic carbocycles. The van der Waals surface area contributed by atoms with Gasteiger partial charge in [-0.1, -0.05) is 0 Å². The van der Waals surface area contributed by atoms with E-state index in [-0.39, 0.29) is 29.3 Å². The molecule has 0 unspecified atom stereocenters. The SMILES string of the molecule is COc1ccc(C(=O)O)cc1S(=O)(=O)N1C[C@@H](O)[C@@H](O)C1. The van der Waals surface area contributed by atoms with Crippen molar-refractivity contribution in [1.82, 2.24) is 4.31 Å². The molecular weight excluding hydrogens is 302 g/mol. The van der Waals surface area contributed by atoms with Crippen molar-refractivity contribution >= 4 is 16.0 Å². The van der Waals surface area contributed by atoms with Crippen LogP contribution in [0.3, 0.4) is 0 Å². The summed E-state index contributed by atoms with van der Waals surface area (Å²) in [6.45, 7) is -0.520. The Balaban J connectivity index is 2.48. The molecule has 1 aromatic rings. The smallest absolute Gasteiger partial charge is 0.335 e. The van der Waals surface area contributed by atoms with Gasteiger partial charge in [0.1, 0.15) is 10.6 Å². The average molecular weight is 317 g/mol. The van der Waals surface area contributed by atoms with E-state index >= 15 is 0 Å². The number of benzene rings is 1. The Hall–Kier alpha value is -1.68. The number of aliphatic hydroxyl groups is 2. The van der Waals surface area contributed by atoms with Gasteiger partial charge in [0, 0.05) is 13.1 Å². The fraction of sp³-hybridized carbons (Fsp3) is 0.417. The van der Waals surface area contributed by atoms with Gasteiger partial charge in [-0.25, -0.2) is 13.2 Å². The normalized spacial score (nSPS) is 23.2. The third-order valence-electron chi connectivity index (χ3n) is 3.25. The first kappa shape index (κ1) is 15.7. The number of ether oxygens (including phenoxy) is 1. The van der Waals surface area contributed by atoms with E-state index in [1.807, 2.05) is 0 Å². The van der Waals surface area contributed by atoms with Crippen molar-refractivity contribution in [2.24, 2.45) is 0 Å². The number of nitrogens with zero attached hydrogens (tertiary/aromatic N) is 1. The molecule has 1 aliphatic heterocycles. The molecule has 2 atom stereocenters. The number of aromatic carboxylic acids is 1. The molecule has 8 nitrogen and oxygen atoms in total. The van der Waals surface area contributed by atoms with E-state index in [9.17, 15) is 23.4 Å². The van der Waals surface area contributed by atoms with Gasteiger partial charge in [-0.15, -0.1) is 0 Å². The minimum absolute atomic E-state index is 0.00382. The van der Waals surface area contributed by atoms with Gasteiger partial charge in [0.25, 0.3) is 0 Å². The average Bonchev–Trinajstić information content (AvgIpc) is 2.78. The molecule has 0 bridgehead atoms. The molecule has 0 aromatic heterocycles. The Kier molecular flexibility index (Phi) is 4.19. The quantitative estimate of drug-likeness (QED) is 0.658. The van der Waals surface area contributed by atoms with Gasteiger partial charge in [0.2, 0.25) is 10.0 Å². The molecule has 116 valence electrons. The van der Waals surface area contributed by atoms with Crippen LogP contribution in [0.4, 0.5) is 0 Å². The second-order valence-corrected chi connectivity index (χ2v) is 6.53. The lowest BCUT2D eigenvalue weighted by molar-refractivity contribution is 0.0572. The first-order valence-electron chi connectivity index (χ1n) is 6.05. The number of carboxylic acids is 1. The second-order valence-electron chi connectivity index (χ2n) is 4.63. The molecular formula is C12H15NO7S. The third kappa shape index (κ3) is 2.86. The second kappa shape index (κ2) is 5.60. The predicted molar refractivity (Wildman–Crippen MR) is 70.7 cm³/mol. The molecule has 9 heteroatoms. The Morgan fingerprint density at radius 3 is 2.33 bits per heavy atom. The van der Waals surface area contributed by atoms with Crippen LogP contribution in [0.5, 0.6) is 5.75 Å². The monoisotopic (exact) mass is 317 g/mol. The zero-order valence-corrected chi connectivity index (χ0v) is 11.9. The summed E-state index contributed by atoms with van der Waals surface area (Å²) in [5, 5.41) is 27.9. The highest BCUT2D eigenvalue weighted by atomic mass is 32.2. The van der Waals surface area contributed by atoms with E-state index in [0.29, 0.717) is 0 Å². The van der Waals surface area contributed by atoms with Crippen LogP contribution in [0, 0.1) is 0 Å². The molecule has 1 heterocycles. The standard InChI is InChI=1S/C12H15NO7S/c1-20-10-3-2-7(12(16)17)4-11(10)21(18,19)13-5-8(14)9(15)6-13/h2-4,8-9,14-15H,5-6H2,1H3,(H,16,17)/t8-,9+. The number of carboxylic acid groups (broad SMARTS) is 1. The zero-order chi connectivity index (χ0) is 15.8. The summed E-state index contributed by atoms with van der Waals surface area (Å²) in [4.78, 5) is 10.7. The van der Waals surface area contributed by atoms with Gasteiger partial charge >= 0.3 is 5.97 Å². The van der Waals surface area contributed by atoms with Crippen LogP contribution in [-0.2, 0) is 10.0 Å². The summed E-state index contributed by atoms with van der Waals surface area (Å²) in [6.07, 6.45) is -2.35.